The summed E-state index contributed by atoms with van der Waals surface area (Å²) in [5, 5.41) is 0. The molecule has 0 fully saturated rings. The van der Waals surface area contributed by atoms with E-state index in [-0.39, 0.29) is 44.0 Å². The minimum absolute atomic E-state index is 0.106. The van der Waals surface area contributed by atoms with Gasteiger partial charge < -0.3 is 14.2 Å². The quantitative estimate of drug-likeness (QED) is 0.0199. The molecule has 0 aliphatic heterocycles. The van der Waals surface area contributed by atoms with Crippen LogP contribution in [0.3, 0.4) is 0 Å². The molecule has 0 amide bonds. The SMILES string of the molecule is CC/C=C\C/C=C\C/C=C\CCCC(=O)OCC(COC(=O)CCCCCCC/C=C\CCCCCCCCCCC)OC(=O)CCCCC/C=C\C=C/CCCCCCCCC. The molecule has 0 saturated carbocycles. The maximum Gasteiger partial charge on any atom is 0.306 e. The Morgan fingerprint density at radius 3 is 1.16 bits per heavy atom. The van der Waals surface area contributed by atoms with Gasteiger partial charge in [0, 0.05) is 19.3 Å². The molecule has 0 aliphatic carbocycles. The van der Waals surface area contributed by atoms with Gasteiger partial charge in [-0.05, 0) is 96.3 Å². The lowest BCUT2D eigenvalue weighted by Gasteiger charge is -2.18. The highest BCUT2D eigenvalue weighted by molar-refractivity contribution is 5.71. The smallest absolute Gasteiger partial charge is 0.306 e. The van der Waals surface area contributed by atoms with Crippen molar-refractivity contribution in [3.05, 3.63) is 72.9 Å². The van der Waals surface area contributed by atoms with E-state index in [4.69, 9.17) is 14.2 Å². The molecule has 0 aliphatic rings. The van der Waals surface area contributed by atoms with Crippen LogP contribution in [0.1, 0.15) is 252 Å². The van der Waals surface area contributed by atoms with E-state index in [9.17, 15) is 14.4 Å². The van der Waals surface area contributed by atoms with Gasteiger partial charge in [0.15, 0.2) is 6.10 Å². The first-order chi connectivity index (χ1) is 31.0. The number of unbranched alkanes of at least 4 members (excludes halogenated alkanes) is 25. The summed E-state index contributed by atoms with van der Waals surface area (Å²) in [6.07, 6.45) is 64.8. The van der Waals surface area contributed by atoms with Crippen molar-refractivity contribution in [3.63, 3.8) is 0 Å². The van der Waals surface area contributed by atoms with E-state index in [0.717, 1.165) is 83.5 Å². The number of rotatable bonds is 47. The number of carbonyl (C=O) groups is 3. The van der Waals surface area contributed by atoms with Gasteiger partial charge in [-0.3, -0.25) is 14.4 Å². The van der Waals surface area contributed by atoms with E-state index in [1.807, 2.05) is 0 Å². The molecule has 6 nitrogen and oxygen atoms in total. The lowest BCUT2D eigenvalue weighted by Crippen LogP contribution is -2.30. The third kappa shape index (κ3) is 49.7. The minimum Gasteiger partial charge on any atom is -0.462 e. The Bertz CT molecular complexity index is 1190. The van der Waals surface area contributed by atoms with Gasteiger partial charge in [0.25, 0.3) is 0 Å². The minimum atomic E-state index is -0.812. The zero-order valence-corrected chi connectivity index (χ0v) is 41.3. The molecule has 0 aromatic rings. The van der Waals surface area contributed by atoms with Gasteiger partial charge in [0.05, 0.1) is 0 Å². The van der Waals surface area contributed by atoms with Crippen LogP contribution in [-0.2, 0) is 28.6 Å². The summed E-state index contributed by atoms with van der Waals surface area (Å²) >= 11 is 0. The molecule has 0 radical (unpaired) electrons. The van der Waals surface area contributed by atoms with Crippen molar-refractivity contribution in [1.82, 2.24) is 0 Å². The topological polar surface area (TPSA) is 78.9 Å². The van der Waals surface area contributed by atoms with Gasteiger partial charge in [0.1, 0.15) is 13.2 Å². The van der Waals surface area contributed by atoms with Crippen LogP contribution in [0.4, 0.5) is 0 Å². The molecule has 0 saturated heterocycles. The summed E-state index contributed by atoms with van der Waals surface area (Å²) < 4.78 is 16.7. The molecule has 0 bridgehead atoms. The molecule has 1 unspecified atom stereocenters. The lowest BCUT2D eigenvalue weighted by molar-refractivity contribution is -0.167. The maximum absolute atomic E-state index is 12.8. The second-order valence-corrected chi connectivity index (χ2v) is 17.4. The van der Waals surface area contributed by atoms with Crippen LogP contribution in [-0.4, -0.2) is 37.2 Å². The predicted molar refractivity (Wildman–Crippen MR) is 270 cm³/mol. The van der Waals surface area contributed by atoms with Crippen LogP contribution < -0.4 is 0 Å². The van der Waals surface area contributed by atoms with E-state index in [0.29, 0.717) is 12.8 Å². The highest BCUT2D eigenvalue weighted by Crippen LogP contribution is 2.14. The fourth-order valence-corrected chi connectivity index (χ4v) is 7.22. The second kappa shape index (κ2) is 51.5. The van der Waals surface area contributed by atoms with Gasteiger partial charge in [0.2, 0.25) is 0 Å². The molecule has 0 aromatic heterocycles. The number of carbonyl (C=O) groups excluding carboxylic acids is 3. The Morgan fingerprint density at radius 2 is 0.683 bits per heavy atom. The molecule has 0 aromatic carbocycles. The van der Waals surface area contributed by atoms with E-state index < -0.39 is 6.10 Å². The number of hydrogen-bond acceptors (Lipinski definition) is 6. The molecule has 0 heterocycles. The second-order valence-electron chi connectivity index (χ2n) is 17.4. The molecular weight excluding hydrogens is 781 g/mol. The van der Waals surface area contributed by atoms with Gasteiger partial charge in [-0.2, -0.15) is 0 Å². The van der Waals surface area contributed by atoms with Crippen LogP contribution in [0.2, 0.25) is 0 Å². The number of esters is 3. The Hall–Kier alpha value is -3.15. The van der Waals surface area contributed by atoms with Gasteiger partial charge >= 0.3 is 17.9 Å². The standard InChI is InChI=1S/C57H98O6/c1-4-7-10-13-16-19-22-24-26-28-29-31-32-35-38-41-44-47-50-56(59)62-53-54(52-61-55(58)49-46-43-40-37-34-21-18-15-12-9-6-3)63-57(60)51-48-45-42-39-36-33-30-27-25-23-20-17-14-11-8-5-2/h9,12,18,21,27,29-31,33,36-37,40,54H,4-8,10-11,13-17,19-20,22-26,28,32,34-35,38-39,41-53H2,1-3H3/b12-9-,21-18-,30-27-,31-29-,36-33-,40-37-. The van der Waals surface area contributed by atoms with Crippen LogP contribution >= 0.6 is 0 Å². The summed E-state index contributed by atoms with van der Waals surface area (Å²) in [5.74, 6) is -0.996. The Balaban J connectivity index is 4.44. The molecule has 0 N–H and O–H groups in total. The fourth-order valence-electron chi connectivity index (χ4n) is 7.22. The zero-order chi connectivity index (χ0) is 45.8. The average molecular weight is 879 g/mol. The average Bonchev–Trinajstić information content (AvgIpc) is 3.28. The number of hydrogen-bond donors (Lipinski definition) is 0. The third-order valence-corrected chi connectivity index (χ3v) is 11.2. The van der Waals surface area contributed by atoms with Crippen molar-refractivity contribution < 1.29 is 28.6 Å². The van der Waals surface area contributed by atoms with Crippen molar-refractivity contribution in [3.8, 4) is 0 Å². The highest BCUT2D eigenvalue weighted by atomic mass is 16.6. The van der Waals surface area contributed by atoms with Crippen LogP contribution in [0.5, 0.6) is 0 Å². The molecule has 0 rings (SSSR count). The molecule has 6 heteroatoms. The van der Waals surface area contributed by atoms with Crippen LogP contribution in [0.25, 0.3) is 0 Å². The Labute approximate surface area is 389 Å². The summed E-state index contributed by atoms with van der Waals surface area (Å²) in [6.45, 7) is 6.44. The van der Waals surface area contributed by atoms with Crippen molar-refractivity contribution in [2.45, 2.75) is 258 Å². The monoisotopic (exact) mass is 879 g/mol. The molecule has 63 heavy (non-hydrogen) atoms. The van der Waals surface area contributed by atoms with Gasteiger partial charge in [-0.1, -0.05) is 209 Å². The number of ether oxygens (including phenoxy) is 3. The van der Waals surface area contributed by atoms with E-state index in [2.05, 4.69) is 93.7 Å². The first-order valence-corrected chi connectivity index (χ1v) is 26.5. The Morgan fingerprint density at radius 1 is 0.349 bits per heavy atom. The largest absolute Gasteiger partial charge is 0.462 e. The van der Waals surface area contributed by atoms with E-state index >= 15 is 0 Å². The van der Waals surface area contributed by atoms with Crippen molar-refractivity contribution >= 4 is 17.9 Å². The molecule has 1 atom stereocenters. The third-order valence-electron chi connectivity index (χ3n) is 11.2. The molecule has 0 spiro atoms. The Kier molecular flexibility index (Phi) is 48.9. The van der Waals surface area contributed by atoms with Crippen molar-refractivity contribution in [2.24, 2.45) is 0 Å². The number of allylic oxidation sites excluding steroid dienone is 12. The van der Waals surface area contributed by atoms with Crippen molar-refractivity contribution in [2.75, 3.05) is 13.2 Å². The van der Waals surface area contributed by atoms with E-state index in [1.54, 1.807) is 0 Å². The van der Waals surface area contributed by atoms with Crippen LogP contribution in [0, 0.1) is 0 Å². The van der Waals surface area contributed by atoms with Gasteiger partial charge in [-0.25, -0.2) is 0 Å². The lowest BCUT2D eigenvalue weighted by atomic mass is 10.1. The highest BCUT2D eigenvalue weighted by Gasteiger charge is 2.19. The van der Waals surface area contributed by atoms with E-state index in [1.165, 1.54) is 122 Å². The fraction of sp³-hybridized carbons (Fsp3) is 0.737. The van der Waals surface area contributed by atoms with Gasteiger partial charge in [-0.15, -0.1) is 0 Å². The summed E-state index contributed by atoms with van der Waals surface area (Å²) in [6, 6.07) is 0. The zero-order valence-electron chi connectivity index (χ0n) is 41.3. The summed E-state index contributed by atoms with van der Waals surface area (Å²) in [4.78, 5) is 37.9. The maximum atomic E-state index is 12.8. The summed E-state index contributed by atoms with van der Waals surface area (Å²) in [7, 11) is 0. The molecular formula is C57H98O6. The molecule has 362 valence electrons. The van der Waals surface area contributed by atoms with Crippen LogP contribution in [0.15, 0.2) is 72.9 Å². The predicted octanol–water partition coefficient (Wildman–Crippen LogP) is 17.4. The summed E-state index contributed by atoms with van der Waals surface area (Å²) in [5.41, 5.74) is 0. The first-order valence-electron chi connectivity index (χ1n) is 26.5. The first kappa shape index (κ1) is 59.9. The van der Waals surface area contributed by atoms with Crippen molar-refractivity contribution in [1.29, 1.82) is 0 Å². The normalized spacial score (nSPS) is 12.6.